The number of anilines is 1. The van der Waals surface area contributed by atoms with Crippen LogP contribution in [0.5, 0.6) is 5.75 Å². The fraction of sp³-hybridized carbons (Fsp3) is 0.294. The molecule has 2 aromatic carbocycles. The summed E-state index contributed by atoms with van der Waals surface area (Å²) in [7, 11) is -2.17. The Morgan fingerprint density at radius 2 is 1.70 bits per heavy atom. The van der Waals surface area contributed by atoms with E-state index in [0.29, 0.717) is 5.75 Å². The standard InChI is InChI=1S/C17H18FN3O5S/c1-26-14-3-5-15(6-4-14)27(24,25)20-10-8-19(9-11-20)16-7-2-13(18)12-17(16)21(22)23/h2-7,12H,8-11H2,1H3. The highest BCUT2D eigenvalue weighted by atomic mass is 32.2. The molecule has 27 heavy (non-hydrogen) atoms. The van der Waals surface area contributed by atoms with E-state index in [9.17, 15) is 22.9 Å². The molecule has 2 aromatic rings. The predicted molar refractivity (Wildman–Crippen MR) is 97.0 cm³/mol. The number of nitro benzene ring substituents is 1. The summed E-state index contributed by atoms with van der Waals surface area (Å²) in [4.78, 5) is 12.4. The molecule has 0 amide bonds. The van der Waals surface area contributed by atoms with Crippen LogP contribution in [0.4, 0.5) is 15.8 Å². The minimum Gasteiger partial charge on any atom is -0.497 e. The number of methoxy groups -OCH3 is 1. The van der Waals surface area contributed by atoms with E-state index in [0.717, 1.165) is 12.1 Å². The zero-order chi connectivity index (χ0) is 19.6. The second-order valence-electron chi connectivity index (χ2n) is 5.96. The summed E-state index contributed by atoms with van der Waals surface area (Å²) in [5, 5.41) is 11.2. The monoisotopic (exact) mass is 395 g/mol. The first kappa shape index (κ1) is 19.1. The van der Waals surface area contributed by atoms with Crippen molar-refractivity contribution in [2.45, 2.75) is 4.90 Å². The van der Waals surface area contributed by atoms with E-state index in [4.69, 9.17) is 4.74 Å². The third-order valence-electron chi connectivity index (χ3n) is 4.41. The van der Waals surface area contributed by atoms with E-state index in [1.54, 1.807) is 17.0 Å². The van der Waals surface area contributed by atoms with Gasteiger partial charge in [0.1, 0.15) is 17.3 Å². The summed E-state index contributed by atoms with van der Waals surface area (Å²) in [5.74, 6) is -0.131. The highest BCUT2D eigenvalue weighted by Crippen LogP contribution is 2.30. The molecular weight excluding hydrogens is 377 g/mol. The summed E-state index contributed by atoms with van der Waals surface area (Å²) in [6.07, 6.45) is 0. The van der Waals surface area contributed by atoms with E-state index in [-0.39, 0.29) is 42.4 Å². The number of halogens is 1. The smallest absolute Gasteiger partial charge is 0.295 e. The van der Waals surface area contributed by atoms with Gasteiger partial charge in [0.2, 0.25) is 10.0 Å². The van der Waals surface area contributed by atoms with Crippen molar-refractivity contribution in [2.24, 2.45) is 0 Å². The number of ether oxygens (including phenoxy) is 1. The molecule has 0 atom stereocenters. The lowest BCUT2D eigenvalue weighted by atomic mass is 10.2. The van der Waals surface area contributed by atoms with Crippen LogP contribution >= 0.6 is 0 Å². The normalized spacial score (nSPS) is 15.6. The maximum absolute atomic E-state index is 13.3. The topological polar surface area (TPSA) is 93.0 Å². The molecule has 0 radical (unpaired) electrons. The first-order valence-corrected chi connectivity index (χ1v) is 9.60. The number of rotatable bonds is 5. The number of hydrogen-bond acceptors (Lipinski definition) is 6. The fourth-order valence-corrected chi connectivity index (χ4v) is 4.40. The highest BCUT2D eigenvalue weighted by Gasteiger charge is 2.30. The molecular formula is C17H18FN3O5S. The largest absolute Gasteiger partial charge is 0.497 e. The van der Waals surface area contributed by atoms with Gasteiger partial charge in [0.05, 0.1) is 23.0 Å². The van der Waals surface area contributed by atoms with E-state index in [1.807, 2.05) is 0 Å². The Balaban J connectivity index is 1.76. The fourth-order valence-electron chi connectivity index (χ4n) is 2.98. The molecule has 0 N–H and O–H groups in total. The van der Waals surface area contributed by atoms with Gasteiger partial charge in [-0.15, -0.1) is 0 Å². The van der Waals surface area contributed by atoms with E-state index in [2.05, 4.69) is 0 Å². The molecule has 144 valence electrons. The van der Waals surface area contributed by atoms with E-state index >= 15 is 0 Å². The molecule has 1 aliphatic heterocycles. The van der Waals surface area contributed by atoms with Crippen molar-refractivity contribution in [2.75, 3.05) is 38.2 Å². The van der Waals surface area contributed by atoms with Crippen LogP contribution in [0, 0.1) is 15.9 Å². The molecule has 1 heterocycles. The third kappa shape index (κ3) is 3.86. The molecule has 0 saturated carbocycles. The first-order chi connectivity index (χ1) is 12.8. The van der Waals surface area contributed by atoms with Crippen LogP contribution in [0.25, 0.3) is 0 Å². The van der Waals surface area contributed by atoms with Gasteiger partial charge in [0.15, 0.2) is 0 Å². The van der Waals surface area contributed by atoms with Gasteiger partial charge in [0, 0.05) is 26.2 Å². The van der Waals surface area contributed by atoms with Crippen LogP contribution < -0.4 is 9.64 Å². The van der Waals surface area contributed by atoms with E-state index in [1.165, 1.54) is 29.6 Å². The molecule has 1 saturated heterocycles. The molecule has 0 bridgehead atoms. The minimum absolute atomic E-state index is 0.157. The maximum atomic E-state index is 13.3. The number of benzene rings is 2. The lowest BCUT2D eigenvalue weighted by Crippen LogP contribution is -2.48. The van der Waals surface area contributed by atoms with Crippen molar-refractivity contribution >= 4 is 21.4 Å². The van der Waals surface area contributed by atoms with Gasteiger partial charge < -0.3 is 9.64 Å². The second kappa shape index (κ2) is 7.49. The Labute approximate surface area is 156 Å². The quantitative estimate of drug-likeness (QED) is 0.569. The van der Waals surface area contributed by atoms with Crippen molar-refractivity contribution < 1.29 is 22.5 Å². The average molecular weight is 395 g/mol. The molecule has 0 unspecified atom stereocenters. The predicted octanol–water partition coefficient (Wildman–Crippen LogP) is 2.25. The van der Waals surface area contributed by atoms with Crippen LogP contribution in [0.15, 0.2) is 47.4 Å². The van der Waals surface area contributed by atoms with Gasteiger partial charge in [-0.1, -0.05) is 0 Å². The Hall–Kier alpha value is -2.72. The molecule has 0 aromatic heterocycles. The summed E-state index contributed by atoms with van der Waals surface area (Å²) in [6, 6.07) is 9.48. The summed E-state index contributed by atoms with van der Waals surface area (Å²) < 4.78 is 45.2. The molecule has 0 spiro atoms. The zero-order valence-electron chi connectivity index (χ0n) is 14.5. The van der Waals surface area contributed by atoms with Crippen molar-refractivity contribution in [1.29, 1.82) is 0 Å². The molecule has 8 nitrogen and oxygen atoms in total. The van der Waals surface area contributed by atoms with Crippen LogP contribution in [-0.4, -0.2) is 50.9 Å². The Bertz CT molecular complexity index is 942. The number of piperazine rings is 1. The third-order valence-corrected chi connectivity index (χ3v) is 6.32. The highest BCUT2D eigenvalue weighted by molar-refractivity contribution is 7.89. The summed E-state index contributed by atoms with van der Waals surface area (Å²) in [5.41, 5.74) is -0.0515. The van der Waals surface area contributed by atoms with Gasteiger partial charge in [-0.2, -0.15) is 4.31 Å². The maximum Gasteiger partial charge on any atom is 0.295 e. The van der Waals surface area contributed by atoms with Crippen LogP contribution in [-0.2, 0) is 10.0 Å². The number of nitro groups is 1. The van der Waals surface area contributed by atoms with E-state index < -0.39 is 20.8 Å². The first-order valence-electron chi connectivity index (χ1n) is 8.16. The van der Waals surface area contributed by atoms with Crippen molar-refractivity contribution in [3.05, 3.63) is 58.4 Å². The zero-order valence-corrected chi connectivity index (χ0v) is 15.4. The molecule has 1 fully saturated rings. The van der Waals surface area contributed by atoms with Gasteiger partial charge in [-0.25, -0.2) is 12.8 Å². The SMILES string of the molecule is COc1ccc(S(=O)(=O)N2CCN(c3ccc(F)cc3[N+](=O)[O-])CC2)cc1. The second-order valence-corrected chi connectivity index (χ2v) is 7.89. The van der Waals surface area contributed by atoms with Crippen molar-refractivity contribution in [3.8, 4) is 5.75 Å². The lowest BCUT2D eigenvalue weighted by Gasteiger charge is -2.35. The van der Waals surface area contributed by atoms with Crippen LogP contribution in [0.2, 0.25) is 0 Å². The van der Waals surface area contributed by atoms with Crippen molar-refractivity contribution in [1.82, 2.24) is 4.31 Å². The Morgan fingerprint density at radius 1 is 1.07 bits per heavy atom. The molecule has 10 heteroatoms. The van der Waals surface area contributed by atoms with Gasteiger partial charge in [-0.05, 0) is 36.4 Å². The number of sulfonamides is 1. The van der Waals surface area contributed by atoms with Crippen LogP contribution in [0.1, 0.15) is 0 Å². The van der Waals surface area contributed by atoms with Gasteiger partial charge in [-0.3, -0.25) is 10.1 Å². The molecule has 3 rings (SSSR count). The van der Waals surface area contributed by atoms with Gasteiger partial charge >= 0.3 is 0 Å². The lowest BCUT2D eigenvalue weighted by molar-refractivity contribution is -0.384. The van der Waals surface area contributed by atoms with Crippen molar-refractivity contribution in [3.63, 3.8) is 0 Å². The Kier molecular flexibility index (Phi) is 5.29. The minimum atomic E-state index is -3.67. The van der Waals surface area contributed by atoms with Gasteiger partial charge in [0.25, 0.3) is 5.69 Å². The Morgan fingerprint density at radius 3 is 2.26 bits per heavy atom. The number of nitrogens with zero attached hydrogens (tertiary/aromatic N) is 3. The average Bonchev–Trinajstić information content (AvgIpc) is 2.68. The molecule has 0 aliphatic carbocycles. The van der Waals surface area contributed by atoms with Crippen LogP contribution in [0.3, 0.4) is 0 Å². The summed E-state index contributed by atoms with van der Waals surface area (Å²) in [6.45, 7) is 0.871. The number of hydrogen-bond donors (Lipinski definition) is 0. The summed E-state index contributed by atoms with van der Waals surface area (Å²) >= 11 is 0. The molecule has 1 aliphatic rings.